The van der Waals surface area contributed by atoms with Gasteiger partial charge in [0.1, 0.15) is 5.75 Å². The Hall–Kier alpha value is -0.980. The summed E-state index contributed by atoms with van der Waals surface area (Å²) in [7, 11) is 3.48. The molecule has 1 aromatic rings. The van der Waals surface area contributed by atoms with Crippen LogP contribution in [0.2, 0.25) is 0 Å². The summed E-state index contributed by atoms with van der Waals surface area (Å²) >= 11 is 0. The molecule has 0 aliphatic carbocycles. The molecule has 1 rings (SSSR count). The van der Waals surface area contributed by atoms with Gasteiger partial charge in [0.2, 0.25) is 0 Å². The number of nitrogens with one attached hydrogen (secondary N) is 2. The van der Waals surface area contributed by atoms with Crippen LogP contribution in [0.25, 0.3) is 0 Å². The van der Waals surface area contributed by atoms with Crippen LogP contribution < -0.4 is 15.4 Å². The lowest BCUT2D eigenvalue weighted by Gasteiger charge is -2.16. The number of methoxy groups -OCH3 is 1. The van der Waals surface area contributed by atoms with Crippen LogP contribution in [0.1, 0.15) is 25.8 Å². The fraction of sp³-hybridized carbons (Fsp3) is 0.533. The molecule has 5 heteroatoms. The van der Waals surface area contributed by atoms with Crippen LogP contribution >= 0.6 is 24.0 Å². The minimum absolute atomic E-state index is 0. The minimum Gasteiger partial charge on any atom is -0.497 e. The van der Waals surface area contributed by atoms with Crippen molar-refractivity contribution < 1.29 is 4.74 Å². The Bertz CT molecular complexity index is 393. The molecule has 0 spiro atoms. The predicted octanol–water partition coefficient (Wildman–Crippen LogP) is 2.82. The van der Waals surface area contributed by atoms with E-state index in [0.29, 0.717) is 6.04 Å². The fourth-order valence-electron chi connectivity index (χ4n) is 1.65. The zero-order valence-corrected chi connectivity index (χ0v) is 15.1. The maximum atomic E-state index is 5.14. The molecule has 0 radical (unpaired) electrons. The molecule has 0 saturated heterocycles. The number of benzene rings is 1. The van der Waals surface area contributed by atoms with Gasteiger partial charge >= 0.3 is 0 Å². The van der Waals surface area contributed by atoms with Crippen molar-refractivity contribution in [2.45, 2.75) is 32.7 Å². The van der Waals surface area contributed by atoms with E-state index in [1.807, 2.05) is 12.1 Å². The molecular formula is C15H26IN3O. The monoisotopic (exact) mass is 391 g/mol. The highest BCUT2D eigenvalue weighted by molar-refractivity contribution is 14.0. The zero-order valence-electron chi connectivity index (χ0n) is 12.8. The van der Waals surface area contributed by atoms with Gasteiger partial charge in [-0.25, -0.2) is 0 Å². The molecule has 0 saturated carbocycles. The van der Waals surface area contributed by atoms with Crippen molar-refractivity contribution in [1.29, 1.82) is 0 Å². The number of halogens is 1. The normalized spacial score (nSPS) is 12.3. The first-order valence-corrected chi connectivity index (χ1v) is 6.79. The largest absolute Gasteiger partial charge is 0.497 e. The second kappa shape index (κ2) is 10.8. The van der Waals surface area contributed by atoms with Crippen molar-refractivity contribution >= 4 is 29.9 Å². The standard InChI is InChI=1S/C15H25N3O.HI/c1-5-12(2)18-15(16-3)17-11-10-13-6-8-14(19-4)9-7-13;/h6-9,12H,5,10-11H2,1-4H3,(H2,16,17,18);1H. The van der Waals surface area contributed by atoms with E-state index < -0.39 is 0 Å². The number of hydrogen-bond acceptors (Lipinski definition) is 2. The quantitative estimate of drug-likeness (QED) is 0.446. The van der Waals surface area contributed by atoms with Gasteiger partial charge < -0.3 is 15.4 Å². The molecule has 1 atom stereocenters. The Labute approximate surface area is 139 Å². The molecule has 4 nitrogen and oxygen atoms in total. The third kappa shape index (κ3) is 6.98. The van der Waals surface area contributed by atoms with Gasteiger partial charge in [-0.1, -0.05) is 19.1 Å². The smallest absolute Gasteiger partial charge is 0.191 e. The summed E-state index contributed by atoms with van der Waals surface area (Å²) in [4.78, 5) is 4.21. The third-order valence-corrected chi connectivity index (χ3v) is 3.08. The number of guanidine groups is 1. The number of nitrogens with zero attached hydrogens (tertiary/aromatic N) is 1. The average molecular weight is 391 g/mol. The van der Waals surface area contributed by atoms with E-state index in [-0.39, 0.29) is 24.0 Å². The summed E-state index contributed by atoms with van der Waals surface area (Å²) in [5.41, 5.74) is 1.28. The number of rotatable bonds is 6. The van der Waals surface area contributed by atoms with Crippen molar-refractivity contribution in [2.75, 3.05) is 20.7 Å². The van der Waals surface area contributed by atoms with E-state index in [1.165, 1.54) is 5.56 Å². The van der Waals surface area contributed by atoms with Gasteiger partial charge in [0, 0.05) is 19.6 Å². The number of aliphatic imine (C=N–C) groups is 1. The van der Waals surface area contributed by atoms with Gasteiger partial charge in [-0.15, -0.1) is 24.0 Å². The first kappa shape index (κ1) is 19.0. The van der Waals surface area contributed by atoms with Crippen molar-refractivity contribution in [3.8, 4) is 5.75 Å². The SMILES string of the molecule is CCC(C)NC(=NC)NCCc1ccc(OC)cc1.I. The first-order valence-electron chi connectivity index (χ1n) is 6.79. The highest BCUT2D eigenvalue weighted by atomic mass is 127. The molecule has 1 aromatic carbocycles. The predicted molar refractivity (Wildman–Crippen MR) is 96.4 cm³/mol. The van der Waals surface area contributed by atoms with E-state index in [4.69, 9.17) is 4.74 Å². The summed E-state index contributed by atoms with van der Waals surface area (Å²) in [6.45, 7) is 5.17. The maximum absolute atomic E-state index is 5.14. The molecule has 1 unspecified atom stereocenters. The highest BCUT2D eigenvalue weighted by Crippen LogP contribution is 2.11. The average Bonchev–Trinajstić information content (AvgIpc) is 2.46. The molecular weight excluding hydrogens is 365 g/mol. The Morgan fingerprint density at radius 1 is 1.30 bits per heavy atom. The van der Waals surface area contributed by atoms with Gasteiger partial charge in [-0.3, -0.25) is 4.99 Å². The summed E-state index contributed by atoms with van der Waals surface area (Å²) in [6, 6.07) is 8.59. The molecule has 0 amide bonds. The van der Waals surface area contributed by atoms with Crippen LogP contribution in [0.5, 0.6) is 5.75 Å². The van der Waals surface area contributed by atoms with Crippen molar-refractivity contribution in [3.05, 3.63) is 29.8 Å². The minimum atomic E-state index is 0. The fourth-order valence-corrected chi connectivity index (χ4v) is 1.65. The molecule has 20 heavy (non-hydrogen) atoms. The summed E-state index contributed by atoms with van der Waals surface area (Å²) in [5, 5.41) is 6.66. The number of ether oxygens (including phenoxy) is 1. The van der Waals surface area contributed by atoms with Crippen molar-refractivity contribution in [1.82, 2.24) is 10.6 Å². The van der Waals surface area contributed by atoms with Crippen LogP contribution in [0.15, 0.2) is 29.3 Å². The zero-order chi connectivity index (χ0) is 14.1. The Morgan fingerprint density at radius 2 is 1.95 bits per heavy atom. The van der Waals surface area contributed by atoms with Crippen LogP contribution in [-0.2, 0) is 6.42 Å². The van der Waals surface area contributed by atoms with Gasteiger partial charge in [-0.05, 0) is 37.5 Å². The lowest BCUT2D eigenvalue weighted by Crippen LogP contribution is -2.42. The topological polar surface area (TPSA) is 45.7 Å². The van der Waals surface area contributed by atoms with E-state index in [1.54, 1.807) is 14.2 Å². The van der Waals surface area contributed by atoms with Gasteiger partial charge in [0.15, 0.2) is 5.96 Å². The van der Waals surface area contributed by atoms with Gasteiger partial charge in [0.05, 0.1) is 7.11 Å². The van der Waals surface area contributed by atoms with E-state index in [0.717, 1.165) is 31.1 Å². The Morgan fingerprint density at radius 3 is 2.45 bits per heavy atom. The first-order chi connectivity index (χ1) is 9.19. The van der Waals surface area contributed by atoms with Crippen LogP contribution in [0, 0.1) is 0 Å². The molecule has 0 aliphatic rings. The molecule has 0 heterocycles. The van der Waals surface area contributed by atoms with E-state index >= 15 is 0 Å². The lowest BCUT2D eigenvalue weighted by molar-refractivity contribution is 0.414. The van der Waals surface area contributed by atoms with E-state index in [2.05, 4.69) is 41.6 Å². The van der Waals surface area contributed by atoms with Gasteiger partial charge in [-0.2, -0.15) is 0 Å². The maximum Gasteiger partial charge on any atom is 0.191 e. The lowest BCUT2D eigenvalue weighted by atomic mass is 10.1. The molecule has 0 aromatic heterocycles. The number of hydrogen-bond donors (Lipinski definition) is 2. The Kier molecular flexibility index (Phi) is 10.2. The van der Waals surface area contributed by atoms with Crippen LogP contribution in [-0.4, -0.2) is 32.7 Å². The second-order valence-electron chi connectivity index (χ2n) is 4.55. The molecule has 0 bridgehead atoms. The van der Waals surface area contributed by atoms with Gasteiger partial charge in [0.25, 0.3) is 0 Å². The second-order valence-corrected chi connectivity index (χ2v) is 4.55. The molecule has 114 valence electrons. The highest BCUT2D eigenvalue weighted by Gasteiger charge is 2.02. The van der Waals surface area contributed by atoms with Crippen molar-refractivity contribution in [2.24, 2.45) is 4.99 Å². The van der Waals surface area contributed by atoms with Crippen LogP contribution in [0.4, 0.5) is 0 Å². The van der Waals surface area contributed by atoms with Crippen molar-refractivity contribution in [3.63, 3.8) is 0 Å². The summed E-state index contributed by atoms with van der Waals surface area (Å²) < 4.78 is 5.14. The van der Waals surface area contributed by atoms with Crippen LogP contribution in [0.3, 0.4) is 0 Å². The molecule has 0 fully saturated rings. The van der Waals surface area contributed by atoms with E-state index in [9.17, 15) is 0 Å². The Balaban J connectivity index is 0.00000361. The summed E-state index contributed by atoms with van der Waals surface area (Å²) in [6.07, 6.45) is 2.05. The molecule has 2 N–H and O–H groups in total. The summed E-state index contributed by atoms with van der Waals surface area (Å²) in [5.74, 6) is 1.76. The molecule has 0 aliphatic heterocycles. The third-order valence-electron chi connectivity index (χ3n) is 3.08.